The Bertz CT molecular complexity index is 423. The first-order valence-electron chi connectivity index (χ1n) is 4.32. The maximum absolute atomic E-state index is 11.5. The van der Waals surface area contributed by atoms with Gasteiger partial charge in [0.1, 0.15) is 0 Å². The van der Waals surface area contributed by atoms with Crippen molar-refractivity contribution in [1.82, 2.24) is 0 Å². The van der Waals surface area contributed by atoms with Gasteiger partial charge in [-0.15, -0.1) is 0 Å². The molecule has 1 fully saturated rings. The first-order valence-corrected chi connectivity index (χ1v) is 5.12. The monoisotopic (exact) mass is 254 g/mol. The maximum atomic E-state index is 11.5. The Hall–Kier alpha value is -0.870. The summed E-state index contributed by atoms with van der Waals surface area (Å²) < 4.78 is 11.3. The molecule has 2 aliphatic rings. The molecule has 0 unspecified atom stereocenters. The van der Waals surface area contributed by atoms with E-state index in [1.54, 1.807) is 6.07 Å². The summed E-state index contributed by atoms with van der Waals surface area (Å²) in [5, 5.41) is 0. The molecule has 0 N–H and O–H groups in total. The van der Waals surface area contributed by atoms with Crippen molar-refractivity contribution in [1.29, 1.82) is 0 Å². The summed E-state index contributed by atoms with van der Waals surface area (Å²) in [5.41, 5.74) is 1.13. The van der Waals surface area contributed by atoms with Crippen LogP contribution in [0.2, 0.25) is 0 Å². The molecule has 4 heteroatoms. The second-order valence-corrected chi connectivity index (χ2v) is 4.48. The average molecular weight is 255 g/mol. The SMILES string of the molecule is O=C1OC2(COC2)c2ccc(Br)cc21. The molecule has 0 radical (unpaired) electrons. The van der Waals surface area contributed by atoms with Crippen molar-refractivity contribution in [2.75, 3.05) is 13.2 Å². The van der Waals surface area contributed by atoms with E-state index in [4.69, 9.17) is 9.47 Å². The molecule has 14 heavy (non-hydrogen) atoms. The molecule has 2 heterocycles. The Morgan fingerprint density at radius 2 is 2.14 bits per heavy atom. The van der Waals surface area contributed by atoms with E-state index in [1.165, 1.54) is 0 Å². The minimum Gasteiger partial charge on any atom is -0.446 e. The topological polar surface area (TPSA) is 35.5 Å². The summed E-state index contributed by atoms with van der Waals surface area (Å²) in [6, 6.07) is 5.64. The number of benzene rings is 1. The molecule has 0 saturated carbocycles. The van der Waals surface area contributed by atoms with E-state index in [0.29, 0.717) is 18.8 Å². The Labute approximate surface area is 89.1 Å². The molecule has 72 valence electrons. The first-order chi connectivity index (χ1) is 6.71. The number of hydrogen-bond donors (Lipinski definition) is 0. The number of carbonyl (C=O) groups is 1. The van der Waals surface area contributed by atoms with Crippen LogP contribution < -0.4 is 0 Å². The molecular weight excluding hydrogens is 248 g/mol. The lowest BCUT2D eigenvalue weighted by Gasteiger charge is -2.36. The lowest BCUT2D eigenvalue weighted by molar-refractivity contribution is -0.179. The van der Waals surface area contributed by atoms with Crippen molar-refractivity contribution in [2.45, 2.75) is 5.60 Å². The number of fused-ring (bicyclic) bond motifs is 2. The van der Waals surface area contributed by atoms with Crippen LogP contribution >= 0.6 is 15.9 Å². The largest absolute Gasteiger partial charge is 0.446 e. The van der Waals surface area contributed by atoms with Crippen molar-refractivity contribution < 1.29 is 14.3 Å². The fraction of sp³-hybridized carbons (Fsp3) is 0.300. The molecule has 0 aromatic heterocycles. The number of ether oxygens (including phenoxy) is 2. The van der Waals surface area contributed by atoms with Crippen LogP contribution in [0.4, 0.5) is 0 Å². The summed E-state index contributed by atoms with van der Waals surface area (Å²) in [7, 11) is 0. The highest BCUT2D eigenvalue weighted by atomic mass is 79.9. The lowest BCUT2D eigenvalue weighted by atomic mass is 9.91. The fourth-order valence-corrected chi connectivity index (χ4v) is 2.23. The standard InChI is InChI=1S/C10H7BrO3/c11-6-1-2-8-7(3-6)9(12)14-10(8)4-13-5-10/h1-3H,4-5H2. The van der Waals surface area contributed by atoms with E-state index in [-0.39, 0.29) is 5.97 Å². The van der Waals surface area contributed by atoms with Gasteiger partial charge >= 0.3 is 5.97 Å². The third kappa shape index (κ3) is 0.925. The predicted octanol–water partition coefficient (Wildman–Crippen LogP) is 1.84. The van der Waals surface area contributed by atoms with Gasteiger partial charge in [0, 0.05) is 10.0 Å². The number of carbonyl (C=O) groups excluding carboxylic acids is 1. The summed E-state index contributed by atoms with van der Waals surface area (Å²) in [6.45, 7) is 0.959. The van der Waals surface area contributed by atoms with Gasteiger partial charge in [-0.2, -0.15) is 0 Å². The van der Waals surface area contributed by atoms with Gasteiger partial charge < -0.3 is 9.47 Å². The van der Waals surface area contributed by atoms with E-state index in [2.05, 4.69) is 15.9 Å². The van der Waals surface area contributed by atoms with Crippen LogP contribution in [-0.4, -0.2) is 19.2 Å². The molecular formula is C10H7BrO3. The van der Waals surface area contributed by atoms with E-state index in [9.17, 15) is 4.79 Å². The van der Waals surface area contributed by atoms with Crippen LogP contribution in [0.15, 0.2) is 22.7 Å². The van der Waals surface area contributed by atoms with E-state index in [1.807, 2.05) is 12.1 Å². The van der Waals surface area contributed by atoms with Crippen LogP contribution in [0, 0.1) is 0 Å². The molecule has 0 atom stereocenters. The summed E-state index contributed by atoms with van der Waals surface area (Å²) in [6.07, 6.45) is 0. The molecule has 2 aliphatic heterocycles. The van der Waals surface area contributed by atoms with E-state index < -0.39 is 5.60 Å². The number of esters is 1. The molecule has 0 bridgehead atoms. The van der Waals surface area contributed by atoms with E-state index in [0.717, 1.165) is 10.0 Å². The Morgan fingerprint density at radius 1 is 1.36 bits per heavy atom. The van der Waals surface area contributed by atoms with Crippen molar-refractivity contribution in [3.05, 3.63) is 33.8 Å². The Kier molecular flexibility index (Phi) is 1.56. The first kappa shape index (κ1) is 8.44. The van der Waals surface area contributed by atoms with Gasteiger partial charge in [0.05, 0.1) is 18.8 Å². The number of rotatable bonds is 0. The summed E-state index contributed by atoms with van der Waals surface area (Å²) in [5.74, 6) is -0.246. The second-order valence-electron chi connectivity index (χ2n) is 3.57. The normalized spacial score (nSPS) is 21.6. The van der Waals surface area contributed by atoms with Crippen molar-refractivity contribution in [3.63, 3.8) is 0 Å². The highest BCUT2D eigenvalue weighted by molar-refractivity contribution is 9.10. The minimum atomic E-state index is -0.479. The zero-order valence-corrected chi connectivity index (χ0v) is 8.83. The van der Waals surface area contributed by atoms with Gasteiger partial charge in [0.25, 0.3) is 0 Å². The highest BCUT2D eigenvalue weighted by Crippen LogP contribution is 2.42. The van der Waals surface area contributed by atoms with E-state index >= 15 is 0 Å². The van der Waals surface area contributed by atoms with Crippen LogP contribution in [0.25, 0.3) is 0 Å². The molecule has 0 amide bonds. The molecule has 1 aromatic carbocycles. The van der Waals surface area contributed by atoms with Gasteiger partial charge in [-0.05, 0) is 12.1 Å². The number of halogens is 1. The molecule has 1 saturated heterocycles. The van der Waals surface area contributed by atoms with Crippen LogP contribution in [0.1, 0.15) is 15.9 Å². The van der Waals surface area contributed by atoms with Gasteiger partial charge in [-0.25, -0.2) is 4.79 Å². The fourth-order valence-electron chi connectivity index (χ4n) is 1.87. The van der Waals surface area contributed by atoms with Gasteiger partial charge in [-0.1, -0.05) is 22.0 Å². The second kappa shape index (κ2) is 2.58. The number of hydrogen-bond acceptors (Lipinski definition) is 3. The highest BCUT2D eigenvalue weighted by Gasteiger charge is 2.51. The third-order valence-electron chi connectivity index (χ3n) is 2.65. The lowest BCUT2D eigenvalue weighted by Crippen LogP contribution is -2.46. The average Bonchev–Trinajstić information content (AvgIpc) is 2.39. The third-order valence-corrected chi connectivity index (χ3v) is 3.14. The smallest absolute Gasteiger partial charge is 0.339 e. The molecule has 0 aliphatic carbocycles. The van der Waals surface area contributed by atoms with Crippen LogP contribution in [-0.2, 0) is 15.1 Å². The Balaban J connectivity index is 2.19. The summed E-state index contributed by atoms with van der Waals surface area (Å²) >= 11 is 3.33. The Morgan fingerprint density at radius 3 is 2.79 bits per heavy atom. The predicted molar refractivity (Wildman–Crippen MR) is 52.1 cm³/mol. The molecule has 3 nitrogen and oxygen atoms in total. The summed E-state index contributed by atoms with van der Waals surface area (Å²) in [4.78, 5) is 11.5. The van der Waals surface area contributed by atoms with Gasteiger partial charge in [0.2, 0.25) is 0 Å². The zero-order valence-electron chi connectivity index (χ0n) is 7.25. The molecule has 1 spiro atoms. The quantitative estimate of drug-likeness (QED) is 0.663. The minimum absolute atomic E-state index is 0.246. The van der Waals surface area contributed by atoms with Crippen LogP contribution in [0.5, 0.6) is 0 Å². The van der Waals surface area contributed by atoms with Gasteiger partial charge in [-0.3, -0.25) is 0 Å². The van der Waals surface area contributed by atoms with Gasteiger partial charge in [0.15, 0.2) is 5.60 Å². The molecule has 1 aromatic rings. The van der Waals surface area contributed by atoms with Crippen molar-refractivity contribution in [3.8, 4) is 0 Å². The van der Waals surface area contributed by atoms with Crippen LogP contribution in [0.3, 0.4) is 0 Å². The van der Waals surface area contributed by atoms with Crippen molar-refractivity contribution in [2.24, 2.45) is 0 Å². The van der Waals surface area contributed by atoms with Crippen molar-refractivity contribution >= 4 is 21.9 Å². The zero-order chi connectivity index (χ0) is 9.76. The molecule has 3 rings (SSSR count). The maximum Gasteiger partial charge on any atom is 0.339 e.